The number of carbonyl (C=O) groups excluding carboxylic acids is 2. The van der Waals surface area contributed by atoms with Crippen LogP contribution >= 0.6 is 15.9 Å². The fraction of sp³-hybridized carbons (Fsp3) is 0.176. The highest BCUT2D eigenvalue weighted by molar-refractivity contribution is 9.10. The summed E-state index contributed by atoms with van der Waals surface area (Å²) in [7, 11) is 1.57. The van der Waals surface area contributed by atoms with E-state index in [-0.39, 0.29) is 5.69 Å². The smallest absolute Gasteiger partial charge is 0.338 e. The summed E-state index contributed by atoms with van der Waals surface area (Å²) in [5, 5.41) is 13.2. The molecule has 0 saturated heterocycles. The maximum Gasteiger partial charge on any atom is 0.338 e. The molecule has 1 amide bonds. The number of rotatable bonds is 7. The molecule has 1 N–H and O–H groups in total. The Balaban J connectivity index is 1.90. The predicted octanol–water partition coefficient (Wildman–Crippen LogP) is 3.30. The van der Waals surface area contributed by atoms with Gasteiger partial charge in [-0.25, -0.2) is 4.79 Å². The molecule has 2 aromatic rings. The zero-order valence-electron chi connectivity index (χ0n) is 13.7. The first-order chi connectivity index (χ1) is 12.4. The van der Waals surface area contributed by atoms with E-state index in [0.29, 0.717) is 22.3 Å². The highest BCUT2D eigenvalue weighted by Gasteiger charge is 2.13. The molecule has 9 heteroatoms. The van der Waals surface area contributed by atoms with Crippen LogP contribution in [0.3, 0.4) is 0 Å². The van der Waals surface area contributed by atoms with Crippen LogP contribution in [0.15, 0.2) is 46.9 Å². The molecule has 0 aliphatic carbocycles. The fourth-order valence-electron chi connectivity index (χ4n) is 2.02. The minimum Gasteiger partial charge on any atom is -0.452 e. The third-order valence-electron chi connectivity index (χ3n) is 3.27. The van der Waals surface area contributed by atoms with E-state index < -0.39 is 23.4 Å². The normalized spacial score (nSPS) is 10.2. The Morgan fingerprint density at radius 3 is 2.46 bits per heavy atom. The second-order valence-corrected chi connectivity index (χ2v) is 6.03. The average molecular weight is 423 g/mol. The summed E-state index contributed by atoms with van der Waals surface area (Å²) in [6.45, 7) is -0.0517. The molecule has 0 unspecified atom stereocenters. The van der Waals surface area contributed by atoms with E-state index in [1.165, 1.54) is 18.2 Å². The highest BCUT2D eigenvalue weighted by atomic mass is 79.9. The third kappa shape index (κ3) is 5.36. The van der Waals surface area contributed by atoms with Gasteiger partial charge in [0.1, 0.15) is 0 Å². The average Bonchev–Trinajstić information content (AvgIpc) is 2.62. The summed E-state index contributed by atoms with van der Waals surface area (Å²) in [6.07, 6.45) is 0. The zero-order valence-corrected chi connectivity index (χ0v) is 15.3. The summed E-state index contributed by atoms with van der Waals surface area (Å²) in [5.41, 5.74) is 1.44. The van der Waals surface area contributed by atoms with Crippen molar-refractivity contribution in [2.45, 2.75) is 6.61 Å². The Labute approximate surface area is 157 Å². The highest BCUT2D eigenvalue weighted by Crippen LogP contribution is 2.27. The van der Waals surface area contributed by atoms with Crippen molar-refractivity contribution < 1.29 is 24.0 Å². The summed E-state index contributed by atoms with van der Waals surface area (Å²) in [4.78, 5) is 34.0. The number of nitro benzene ring substituents is 1. The minimum absolute atomic E-state index is 0.113. The van der Waals surface area contributed by atoms with Gasteiger partial charge in [-0.2, -0.15) is 0 Å². The van der Waals surface area contributed by atoms with Gasteiger partial charge < -0.3 is 14.8 Å². The largest absolute Gasteiger partial charge is 0.452 e. The number of anilines is 1. The Morgan fingerprint density at radius 2 is 1.88 bits per heavy atom. The van der Waals surface area contributed by atoms with Gasteiger partial charge in [0.05, 0.1) is 22.8 Å². The van der Waals surface area contributed by atoms with E-state index in [2.05, 4.69) is 21.2 Å². The number of carbonyl (C=O) groups is 2. The minimum atomic E-state index is -0.633. The number of nitrogens with zero attached hydrogens (tertiary/aromatic N) is 1. The van der Waals surface area contributed by atoms with Crippen LogP contribution in [0.25, 0.3) is 0 Å². The lowest BCUT2D eigenvalue weighted by atomic mass is 10.1. The first-order valence-electron chi connectivity index (χ1n) is 7.39. The van der Waals surface area contributed by atoms with Gasteiger partial charge in [-0.15, -0.1) is 0 Å². The van der Waals surface area contributed by atoms with Crippen molar-refractivity contribution in [1.82, 2.24) is 0 Å². The molecule has 0 aromatic heterocycles. The molecule has 0 aliphatic heterocycles. The van der Waals surface area contributed by atoms with Crippen molar-refractivity contribution in [3.8, 4) is 0 Å². The molecule has 2 rings (SSSR count). The van der Waals surface area contributed by atoms with Crippen LogP contribution in [0, 0.1) is 10.1 Å². The summed E-state index contributed by atoms with van der Waals surface area (Å²) in [5.74, 6) is -1.20. The SMILES string of the molecule is COCc1ccc(C(=O)OCC(=O)Nc2ccc([N+](=O)[O-])cc2Br)cc1. The molecule has 0 aliphatic rings. The molecule has 0 atom stereocenters. The van der Waals surface area contributed by atoms with Gasteiger partial charge in [0.25, 0.3) is 11.6 Å². The van der Waals surface area contributed by atoms with Crippen molar-refractivity contribution >= 4 is 39.2 Å². The zero-order chi connectivity index (χ0) is 19.1. The number of amides is 1. The Kier molecular flexibility index (Phi) is 6.81. The van der Waals surface area contributed by atoms with Crippen molar-refractivity contribution in [2.75, 3.05) is 19.0 Å². The van der Waals surface area contributed by atoms with E-state index in [9.17, 15) is 19.7 Å². The maximum atomic E-state index is 11.9. The number of halogens is 1. The third-order valence-corrected chi connectivity index (χ3v) is 3.93. The molecule has 0 radical (unpaired) electrons. The standard InChI is InChI=1S/C17H15BrN2O6/c1-25-9-11-2-4-12(5-3-11)17(22)26-10-16(21)19-15-7-6-13(20(23)24)8-14(15)18/h2-8H,9-10H2,1H3,(H,19,21). The van der Waals surface area contributed by atoms with Crippen LogP contribution in [0.5, 0.6) is 0 Å². The van der Waals surface area contributed by atoms with E-state index in [1.54, 1.807) is 31.4 Å². The predicted molar refractivity (Wildman–Crippen MR) is 96.9 cm³/mol. The number of nitrogens with one attached hydrogen (secondary N) is 1. The molecular formula is C17H15BrN2O6. The topological polar surface area (TPSA) is 108 Å². The molecule has 0 bridgehead atoms. The monoisotopic (exact) mass is 422 g/mol. The number of non-ortho nitro benzene ring substituents is 1. The first kappa shape index (κ1) is 19.5. The van der Waals surface area contributed by atoms with E-state index in [0.717, 1.165) is 5.56 Å². The second-order valence-electron chi connectivity index (χ2n) is 5.18. The van der Waals surface area contributed by atoms with Crippen LogP contribution in [0.4, 0.5) is 11.4 Å². The lowest BCUT2D eigenvalue weighted by Crippen LogP contribution is -2.21. The Bertz CT molecular complexity index is 823. The molecule has 0 fully saturated rings. The molecule has 26 heavy (non-hydrogen) atoms. The first-order valence-corrected chi connectivity index (χ1v) is 8.19. The number of methoxy groups -OCH3 is 1. The van der Waals surface area contributed by atoms with Crippen molar-refractivity contribution in [3.05, 3.63) is 68.2 Å². The second kappa shape index (κ2) is 9.07. The van der Waals surface area contributed by atoms with Crippen molar-refractivity contribution in [2.24, 2.45) is 0 Å². The summed E-state index contributed by atoms with van der Waals surface area (Å²) < 4.78 is 10.3. The fourth-order valence-corrected chi connectivity index (χ4v) is 2.49. The van der Waals surface area contributed by atoms with Crippen LogP contribution in [0.2, 0.25) is 0 Å². The number of nitro groups is 1. The molecule has 8 nitrogen and oxygen atoms in total. The Morgan fingerprint density at radius 1 is 1.19 bits per heavy atom. The van der Waals surface area contributed by atoms with Gasteiger partial charge in [-0.05, 0) is 39.7 Å². The number of esters is 1. The molecule has 2 aromatic carbocycles. The Hall–Kier alpha value is -2.78. The number of ether oxygens (including phenoxy) is 2. The van der Waals surface area contributed by atoms with Crippen molar-refractivity contribution in [1.29, 1.82) is 0 Å². The molecule has 0 heterocycles. The molecule has 0 spiro atoms. The molecule has 136 valence electrons. The lowest BCUT2D eigenvalue weighted by Gasteiger charge is -2.08. The van der Waals surface area contributed by atoms with Crippen molar-refractivity contribution in [3.63, 3.8) is 0 Å². The van der Waals surface area contributed by atoms with Gasteiger partial charge in [-0.1, -0.05) is 12.1 Å². The maximum absolute atomic E-state index is 11.9. The van der Waals surface area contributed by atoms with Crippen LogP contribution in [0.1, 0.15) is 15.9 Å². The summed E-state index contributed by atoms with van der Waals surface area (Å²) >= 11 is 3.14. The van der Waals surface area contributed by atoms with Crippen LogP contribution in [-0.2, 0) is 20.9 Å². The van der Waals surface area contributed by atoms with Gasteiger partial charge >= 0.3 is 5.97 Å². The quantitative estimate of drug-likeness (QED) is 0.416. The molecular weight excluding hydrogens is 408 g/mol. The van der Waals surface area contributed by atoms with Gasteiger partial charge in [-0.3, -0.25) is 14.9 Å². The number of benzene rings is 2. The number of hydrogen-bond acceptors (Lipinski definition) is 6. The summed E-state index contributed by atoms with van der Waals surface area (Å²) in [6, 6.07) is 10.5. The van der Waals surface area contributed by atoms with E-state index in [1.807, 2.05) is 0 Å². The number of hydrogen-bond donors (Lipinski definition) is 1. The van der Waals surface area contributed by atoms with Gasteiger partial charge in [0.2, 0.25) is 0 Å². The molecule has 0 saturated carbocycles. The van der Waals surface area contributed by atoms with E-state index >= 15 is 0 Å². The van der Waals surface area contributed by atoms with Crippen LogP contribution < -0.4 is 5.32 Å². The van der Waals surface area contributed by atoms with Gasteiger partial charge in [0.15, 0.2) is 6.61 Å². The van der Waals surface area contributed by atoms with E-state index in [4.69, 9.17) is 9.47 Å². The lowest BCUT2D eigenvalue weighted by molar-refractivity contribution is -0.384. The van der Waals surface area contributed by atoms with Crippen LogP contribution in [-0.4, -0.2) is 30.5 Å². The van der Waals surface area contributed by atoms with Gasteiger partial charge in [0, 0.05) is 23.7 Å².